The van der Waals surface area contributed by atoms with Gasteiger partial charge in [0.25, 0.3) is 0 Å². The summed E-state index contributed by atoms with van der Waals surface area (Å²) in [7, 11) is 0. The van der Waals surface area contributed by atoms with Crippen molar-refractivity contribution in [1.29, 1.82) is 0 Å². The van der Waals surface area contributed by atoms with E-state index < -0.39 is 11.9 Å². The van der Waals surface area contributed by atoms with E-state index in [1.54, 1.807) is 6.07 Å². The molecule has 0 bridgehead atoms. The molecule has 0 atom stereocenters. The Balaban J connectivity index is 2.32. The van der Waals surface area contributed by atoms with E-state index in [4.69, 9.17) is 0 Å². The summed E-state index contributed by atoms with van der Waals surface area (Å²) in [5, 5.41) is 21.0. The topological polar surface area (TPSA) is 74.6 Å². The molecule has 2 rings (SSSR count). The highest BCUT2D eigenvalue weighted by molar-refractivity contribution is 6.09. The molecule has 164 valence electrons. The van der Waals surface area contributed by atoms with Gasteiger partial charge in [-0.15, -0.1) is 0 Å². The van der Waals surface area contributed by atoms with Crippen LogP contribution in [0.5, 0.6) is 0 Å². The fourth-order valence-electron chi connectivity index (χ4n) is 4.19. The molecule has 0 fully saturated rings. The summed E-state index contributed by atoms with van der Waals surface area (Å²) in [5.74, 6) is -2.09. The normalized spacial score (nSPS) is 11.1. The number of aromatic carboxylic acids is 2. The molecule has 0 saturated heterocycles. The van der Waals surface area contributed by atoms with Gasteiger partial charge in [0, 0.05) is 0 Å². The number of aryl methyl sites for hydroxylation is 1. The number of rotatable bonds is 14. The molecule has 0 amide bonds. The summed E-state index contributed by atoms with van der Waals surface area (Å²) in [4.78, 5) is 24.1. The second kappa shape index (κ2) is 12.4. The van der Waals surface area contributed by atoms with Crippen molar-refractivity contribution in [2.45, 2.75) is 90.9 Å². The van der Waals surface area contributed by atoms with Crippen LogP contribution < -0.4 is 0 Å². The number of carboxylic acid groups (broad SMARTS) is 2. The van der Waals surface area contributed by atoms with E-state index in [1.807, 2.05) is 18.2 Å². The molecule has 0 aromatic heterocycles. The molecule has 0 aliphatic carbocycles. The van der Waals surface area contributed by atoms with Crippen LogP contribution in [0, 0.1) is 0 Å². The standard InChI is InChI=1S/C26H36O4/c1-3-5-7-9-11-13-19-15-16-21-20(17-19)18-23(25(27)28)22(24(21)26(29)30)14-12-10-8-6-4-2/h15-18H,3-14H2,1-2H3,(H,27,28)(H,29,30). The van der Waals surface area contributed by atoms with Crippen molar-refractivity contribution in [3.8, 4) is 0 Å². The minimum atomic E-state index is -1.05. The molecular formula is C26H36O4. The van der Waals surface area contributed by atoms with Gasteiger partial charge in [-0.3, -0.25) is 0 Å². The van der Waals surface area contributed by atoms with E-state index in [-0.39, 0.29) is 11.1 Å². The van der Waals surface area contributed by atoms with Crippen molar-refractivity contribution >= 4 is 22.7 Å². The van der Waals surface area contributed by atoms with Crippen LogP contribution in [0.3, 0.4) is 0 Å². The zero-order valence-corrected chi connectivity index (χ0v) is 18.5. The van der Waals surface area contributed by atoms with E-state index in [1.165, 1.54) is 25.7 Å². The third-order valence-electron chi connectivity index (χ3n) is 5.86. The highest BCUT2D eigenvalue weighted by Gasteiger charge is 2.22. The predicted molar refractivity (Wildman–Crippen MR) is 123 cm³/mol. The van der Waals surface area contributed by atoms with Crippen LogP contribution in [-0.4, -0.2) is 22.2 Å². The first-order valence-electron chi connectivity index (χ1n) is 11.5. The molecule has 0 radical (unpaired) electrons. The van der Waals surface area contributed by atoms with Gasteiger partial charge in [0.05, 0.1) is 11.1 Å². The number of benzene rings is 2. The molecular weight excluding hydrogens is 376 g/mol. The third-order valence-corrected chi connectivity index (χ3v) is 5.86. The second-order valence-corrected chi connectivity index (χ2v) is 8.27. The Kier molecular flexibility index (Phi) is 9.85. The van der Waals surface area contributed by atoms with Crippen LogP contribution >= 0.6 is 0 Å². The molecule has 2 aromatic rings. The van der Waals surface area contributed by atoms with Crippen molar-refractivity contribution in [2.24, 2.45) is 0 Å². The van der Waals surface area contributed by atoms with E-state index in [0.717, 1.165) is 50.5 Å². The van der Waals surface area contributed by atoms with E-state index in [2.05, 4.69) is 13.8 Å². The molecule has 2 aromatic carbocycles. The summed E-state index contributed by atoms with van der Waals surface area (Å²) in [6.45, 7) is 4.34. The highest BCUT2D eigenvalue weighted by atomic mass is 16.4. The SMILES string of the molecule is CCCCCCCc1ccc2c(C(=O)O)c(CCCCCCC)c(C(=O)O)cc2c1. The van der Waals surface area contributed by atoms with Gasteiger partial charge in [-0.05, 0) is 53.6 Å². The van der Waals surface area contributed by atoms with Crippen LogP contribution in [-0.2, 0) is 12.8 Å². The number of hydrogen-bond donors (Lipinski definition) is 2. The summed E-state index contributed by atoms with van der Waals surface area (Å²) in [5.41, 5.74) is 1.90. The average molecular weight is 413 g/mol. The zero-order chi connectivity index (χ0) is 21.9. The maximum atomic E-state index is 12.1. The van der Waals surface area contributed by atoms with Crippen molar-refractivity contribution in [1.82, 2.24) is 0 Å². The van der Waals surface area contributed by atoms with Crippen molar-refractivity contribution < 1.29 is 19.8 Å². The lowest BCUT2D eigenvalue weighted by atomic mass is 9.89. The average Bonchev–Trinajstić information content (AvgIpc) is 2.72. The quantitative estimate of drug-likeness (QED) is 0.320. The minimum absolute atomic E-state index is 0.135. The zero-order valence-electron chi connectivity index (χ0n) is 18.5. The Morgan fingerprint density at radius 2 is 1.33 bits per heavy atom. The molecule has 0 aliphatic heterocycles. The molecule has 0 unspecified atom stereocenters. The lowest BCUT2D eigenvalue weighted by Crippen LogP contribution is -2.11. The summed E-state index contributed by atoms with van der Waals surface area (Å²) >= 11 is 0. The van der Waals surface area contributed by atoms with E-state index in [9.17, 15) is 19.8 Å². The lowest BCUT2D eigenvalue weighted by Gasteiger charge is -2.15. The van der Waals surface area contributed by atoms with Crippen molar-refractivity contribution in [2.75, 3.05) is 0 Å². The summed E-state index contributed by atoms with van der Waals surface area (Å²) in [6.07, 6.45) is 12.6. The third kappa shape index (κ3) is 6.58. The van der Waals surface area contributed by atoms with Crippen LogP contribution in [0.15, 0.2) is 24.3 Å². The first-order valence-corrected chi connectivity index (χ1v) is 11.5. The molecule has 4 heteroatoms. The van der Waals surface area contributed by atoms with Crippen molar-refractivity contribution in [3.05, 3.63) is 46.5 Å². The molecule has 0 saturated carbocycles. The summed E-state index contributed by atoms with van der Waals surface area (Å²) in [6, 6.07) is 7.51. The Bertz CT molecular complexity index is 854. The number of fused-ring (bicyclic) bond motifs is 1. The van der Waals surface area contributed by atoms with Crippen LogP contribution in [0.25, 0.3) is 10.8 Å². The largest absolute Gasteiger partial charge is 0.478 e. The maximum absolute atomic E-state index is 12.1. The number of carboxylic acids is 2. The van der Waals surface area contributed by atoms with Gasteiger partial charge in [0.2, 0.25) is 0 Å². The Morgan fingerprint density at radius 3 is 1.90 bits per heavy atom. The minimum Gasteiger partial charge on any atom is -0.478 e. The van der Waals surface area contributed by atoms with Gasteiger partial charge in [-0.1, -0.05) is 83.4 Å². The predicted octanol–water partition coefficient (Wildman–Crippen LogP) is 7.26. The van der Waals surface area contributed by atoms with Gasteiger partial charge < -0.3 is 10.2 Å². The fraction of sp³-hybridized carbons (Fsp3) is 0.538. The molecule has 0 heterocycles. The molecule has 2 N–H and O–H groups in total. The Labute approximate surface area is 180 Å². The molecule has 0 spiro atoms. The number of unbranched alkanes of at least 4 members (excludes halogenated alkanes) is 8. The van der Waals surface area contributed by atoms with Crippen LogP contribution in [0.4, 0.5) is 0 Å². The fourth-order valence-corrected chi connectivity index (χ4v) is 4.19. The molecule has 30 heavy (non-hydrogen) atoms. The summed E-state index contributed by atoms with van der Waals surface area (Å²) < 4.78 is 0. The van der Waals surface area contributed by atoms with Gasteiger partial charge >= 0.3 is 11.9 Å². The smallest absolute Gasteiger partial charge is 0.336 e. The van der Waals surface area contributed by atoms with Crippen molar-refractivity contribution in [3.63, 3.8) is 0 Å². The maximum Gasteiger partial charge on any atom is 0.336 e. The van der Waals surface area contributed by atoms with Gasteiger partial charge in [-0.25, -0.2) is 9.59 Å². The monoisotopic (exact) mass is 412 g/mol. The second-order valence-electron chi connectivity index (χ2n) is 8.27. The van der Waals surface area contributed by atoms with Crippen LogP contribution in [0.1, 0.15) is 110 Å². The highest BCUT2D eigenvalue weighted by Crippen LogP contribution is 2.29. The number of hydrogen-bond acceptors (Lipinski definition) is 2. The van der Waals surface area contributed by atoms with E-state index >= 15 is 0 Å². The molecule has 4 nitrogen and oxygen atoms in total. The Hall–Kier alpha value is -2.36. The van der Waals surface area contributed by atoms with Gasteiger partial charge in [0.15, 0.2) is 0 Å². The van der Waals surface area contributed by atoms with Gasteiger partial charge in [-0.2, -0.15) is 0 Å². The Morgan fingerprint density at radius 1 is 0.733 bits per heavy atom. The first kappa shape index (κ1) is 23.9. The molecule has 0 aliphatic rings. The number of carbonyl (C=O) groups is 2. The van der Waals surface area contributed by atoms with Crippen LogP contribution in [0.2, 0.25) is 0 Å². The lowest BCUT2D eigenvalue weighted by molar-refractivity contribution is 0.0695. The van der Waals surface area contributed by atoms with Gasteiger partial charge in [0.1, 0.15) is 0 Å². The van der Waals surface area contributed by atoms with E-state index in [0.29, 0.717) is 22.8 Å². The first-order chi connectivity index (χ1) is 14.5.